The number of hydrogen-bond acceptors (Lipinski definition) is 2. The Kier molecular flexibility index (Phi) is 6.92. The van der Waals surface area contributed by atoms with Gasteiger partial charge >= 0.3 is 0 Å². The van der Waals surface area contributed by atoms with Crippen molar-refractivity contribution in [3.63, 3.8) is 0 Å². The van der Waals surface area contributed by atoms with Gasteiger partial charge in [-0.2, -0.15) is 0 Å². The van der Waals surface area contributed by atoms with Gasteiger partial charge in [0.1, 0.15) is 12.3 Å². The van der Waals surface area contributed by atoms with Gasteiger partial charge < -0.3 is 15.0 Å². The molecule has 128 valence electrons. The first-order valence-electron chi connectivity index (χ1n) is 7.27. The fourth-order valence-electron chi connectivity index (χ4n) is 2.33. The quantitative estimate of drug-likeness (QED) is 0.734. The predicted molar refractivity (Wildman–Crippen MR) is 101 cm³/mol. The van der Waals surface area contributed by atoms with Crippen LogP contribution in [0.4, 0.5) is 5.69 Å². The molecule has 2 aromatic carbocycles. The number of carbonyl (C=O) groups is 1. The van der Waals surface area contributed by atoms with Gasteiger partial charge in [-0.05, 0) is 36.4 Å². The Morgan fingerprint density at radius 2 is 2.00 bits per heavy atom. The molecule has 1 atom stereocenters. The zero-order chi connectivity index (χ0) is 17.7. The average molecular weight is 433 g/mol. The van der Waals surface area contributed by atoms with Gasteiger partial charge in [0, 0.05) is 15.1 Å². The third kappa shape index (κ3) is 5.38. The first kappa shape index (κ1) is 19.1. The van der Waals surface area contributed by atoms with Gasteiger partial charge in [0.25, 0.3) is 5.91 Å². The van der Waals surface area contributed by atoms with Crippen molar-refractivity contribution in [1.29, 1.82) is 0 Å². The van der Waals surface area contributed by atoms with Crippen LogP contribution in [0.2, 0.25) is 10.0 Å². The smallest absolute Gasteiger partial charge is 0.279 e. The lowest BCUT2D eigenvalue weighted by Crippen LogP contribution is -3.08. The van der Waals surface area contributed by atoms with Gasteiger partial charge in [-0.25, -0.2) is 0 Å². The SMILES string of the molecule is COc1ccc(Br)cc1C[NH+](C)CC(=O)Nc1cc(Cl)ccc1Cl. The second-order valence-corrected chi connectivity index (χ2v) is 7.20. The van der Waals surface area contributed by atoms with Crippen molar-refractivity contribution in [1.82, 2.24) is 0 Å². The van der Waals surface area contributed by atoms with Crippen LogP contribution >= 0.6 is 39.1 Å². The number of halogens is 3. The topological polar surface area (TPSA) is 42.8 Å². The van der Waals surface area contributed by atoms with Crippen molar-refractivity contribution >= 4 is 50.7 Å². The van der Waals surface area contributed by atoms with Crippen LogP contribution in [-0.4, -0.2) is 26.6 Å². The van der Waals surface area contributed by atoms with Crippen molar-refractivity contribution < 1.29 is 14.4 Å². The molecule has 7 heteroatoms. The van der Waals surface area contributed by atoms with Gasteiger partial charge in [0.05, 0.1) is 24.9 Å². The number of nitrogens with one attached hydrogen (secondary N) is 2. The number of likely N-dealkylation sites (N-methyl/N-ethyl adjacent to an activating group) is 1. The minimum absolute atomic E-state index is 0.134. The number of hydrogen-bond donors (Lipinski definition) is 2. The van der Waals surface area contributed by atoms with Crippen LogP contribution in [-0.2, 0) is 11.3 Å². The molecule has 0 bridgehead atoms. The summed E-state index contributed by atoms with van der Waals surface area (Å²) in [5.74, 6) is 0.668. The van der Waals surface area contributed by atoms with Gasteiger partial charge in [-0.1, -0.05) is 39.1 Å². The highest BCUT2D eigenvalue weighted by Gasteiger charge is 2.15. The molecule has 0 spiro atoms. The third-order valence-corrected chi connectivity index (χ3v) is 4.46. The summed E-state index contributed by atoms with van der Waals surface area (Å²) in [5.41, 5.74) is 1.54. The Morgan fingerprint density at radius 3 is 2.71 bits per heavy atom. The lowest BCUT2D eigenvalue weighted by Gasteiger charge is -2.16. The maximum absolute atomic E-state index is 12.2. The van der Waals surface area contributed by atoms with E-state index in [0.29, 0.717) is 28.8 Å². The minimum atomic E-state index is -0.134. The molecule has 24 heavy (non-hydrogen) atoms. The van der Waals surface area contributed by atoms with Crippen LogP contribution in [0.25, 0.3) is 0 Å². The number of anilines is 1. The number of ether oxygens (including phenoxy) is 1. The normalized spacial score (nSPS) is 11.9. The van der Waals surface area contributed by atoms with Crippen molar-refractivity contribution in [2.45, 2.75) is 6.54 Å². The molecule has 0 heterocycles. The highest BCUT2D eigenvalue weighted by Crippen LogP contribution is 2.25. The van der Waals surface area contributed by atoms with Crippen molar-refractivity contribution in [3.05, 3.63) is 56.5 Å². The number of benzene rings is 2. The molecule has 0 fully saturated rings. The zero-order valence-corrected chi connectivity index (χ0v) is 16.4. The first-order valence-corrected chi connectivity index (χ1v) is 8.82. The summed E-state index contributed by atoms with van der Waals surface area (Å²) in [6.45, 7) is 0.942. The third-order valence-electron chi connectivity index (χ3n) is 3.40. The van der Waals surface area contributed by atoms with E-state index in [-0.39, 0.29) is 5.91 Å². The molecule has 2 rings (SSSR count). The number of methoxy groups -OCH3 is 1. The van der Waals surface area contributed by atoms with E-state index >= 15 is 0 Å². The molecule has 0 saturated carbocycles. The maximum atomic E-state index is 12.2. The van der Waals surface area contributed by atoms with E-state index in [0.717, 1.165) is 20.7 Å². The van der Waals surface area contributed by atoms with Crippen molar-refractivity contribution in [2.24, 2.45) is 0 Å². The molecule has 0 radical (unpaired) electrons. The van der Waals surface area contributed by atoms with Gasteiger partial charge in [0.2, 0.25) is 0 Å². The molecule has 0 aromatic heterocycles. The molecular weight excluding hydrogens is 415 g/mol. The highest BCUT2D eigenvalue weighted by molar-refractivity contribution is 9.10. The number of quaternary nitrogens is 1. The van der Waals surface area contributed by atoms with E-state index < -0.39 is 0 Å². The molecular formula is C17H18BrCl2N2O2+. The summed E-state index contributed by atoms with van der Waals surface area (Å²) in [6, 6.07) is 10.8. The van der Waals surface area contributed by atoms with Crippen LogP contribution in [0.3, 0.4) is 0 Å². The summed E-state index contributed by atoms with van der Waals surface area (Å²) >= 11 is 15.4. The summed E-state index contributed by atoms with van der Waals surface area (Å²) in [7, 11) is 3.58. The molecule has 4 nitrogen and oxygen atoms in total. The van der Waals surface area contributed by atoms with Crippen LogP contribution in [0.15, 0.2) is 40.9 Å². The number of carbonyl (C=O) groups excluding carboxylic acids is 1. The second-order valence-electron chi connectivity index (χ2n) is 5.44. The molecule has 1 unspecified atom stereocenters. The minimum Gasteiger partial charge on any atom is -0.496 e. The van der Waals surface area contributed by atoms with Crippen LogP contribution < -0.4 is 15.0 Å². The fraction of sp³-hybridized carbons (Fsp3) is 0.235. The van der Waals surface area contributed by atoms with E-state index in [1.54, 1.807) is 25.3 Å². The van der Waals surface area contributed by atoms with E-state index in [1.165, 1.54) is 0 Å². The molecule has 0 aliphatic rings. The summed E-state index contributed by atoms with van der Waals surface area (Å²) < 4.78 is 6.34. The maximum Gasteiger partial charge on any atom is 0.279 e. The summed E-state index contributed by atoms with van der Waals surface area (Å²) in [5, 5.41) is 3.77. The number of amides is 1. The standard InChI is InChI=1S/C17H17BrCl2N2O2/c1-22(9-11-7-12(18)3-6-16(11)24-2)10-17(23)21-15-8-13(19)4-5-14(15)20/h3-8H,9-10H2,1-2H3,(H,21,23)/p+1. The Balaban J connectivity index is 1.99. The van der Waals surface area contributed by atoms with E-state index in [1.807, 2.05) is 25.2 Å². The summed E-state index contributed by atoms with van der Waals surface area (Å²) in [6.07, 6.45) is 0. The molecule has 2 N–H and O–H groups in total. The Hall–Kier alpha value is -1.27. The lowest BCUT2D eigenvalue weighted by atomic mass is 10.2. The van der Waals surface area contributed by atoms with E-state index in [4.69, 9.17) is 27.9 Å². The molecule has 2 aromatic rings. The average Bonchev–Trinajstić information content (AvgIpc) is 2.51. The van der Waals surface area contributed by atoms with Crippen molar-refractivity contribution in [2.75, 3.05) is 26.0 Å². The van der Waals surface area contributed by atoms with E-state index in [2.05, 4.69) is 21.2 Å². The largest absolute Gasteiger partial charge is 0.496 e. The van der Waals surface area contributed by atoms with Gasteiger partial charge in [-0.3, -0.25) is 4.79 Å². The fourth-order valence-corrected chi connectivity index (χ4v) is 3.08. The van der Waals surface area contributed by atoms with E-state index in [9.17, 15) is 4.79 Å². The van der Waals surface area contributed by atoms with Gasteiger partial charge in [0.15, 0.2) is 6.54 Å². The van der Waals surface area contributed by atoms with Crippen molar-refractivity contribution in [3.8, 4) is 5.75 Å². The lowest BCUT2D eigenvalue weighted by molar-refractivity contribution is -0.885. The predicted octanol–water partition coefficient (Wildman–Crippen LogP) is 3.42. The Morgan fingerprint density at radius 1 is 1.25 bits per heavy atom. The second kappa shape index (κ2) is 8.72. The summed E-state index contributed by atoms with van der Waals surface area (Å²) in [4.78, 5) is 13.2. The Bertz CT molecular complexity index is 741. The molecule has 1 amide bonds. The van der Waals surface area contributed by atoms with Crippen LogP contribution in [0, 0.1) is 0 Å². The molecule has 0 saturated heterocycles. The first-order chi connectivity index (χ1) is 11.4. The number of rotatable bonds is 6. The van der Waals surface area contributed by atoms with Crippen LogP contribution in [0.5, 0.6) is 5.75 Å². The highest BCUT2D eigenvalue weighted by atomic mass is 79.9. The van der Waals surface area contributed by atoms with Gasteiger partial charge in [-0.15, -0.1) is 0 Å². The molecule has 0 aliphatic carbocycles. The monoisotopic (exact) mass is 431 g/mol. The van der Waals surface area contributed by atoms with Crippen LogP contribution in [0.1, 0.15) is 5.56 Å². The Labute approximate surface area is 159 Å². The zero-order valence-electron chi connectivity index (χ0n) is 13.3. The molecule has 0 aliphatic heterocycles.